The molecular weight excluding hydrogens is 292 g/mol. The van der Waals surface area contributed by atoms with Crippen LogP contribution in [0.3, 0.4) is 0 Å². The number of carbonyl (C=O) groups is 2. The van der Waals surface area contributed by atoms with Gasteiger partial charge >= 0.3 is 5.97 Å². The van der Waals surface area contributed by atoms with Gasteiger partial charge in [0, 0.05) is 24.5 Å². The largest absolute Gasteiger partial charge is 0.481 e. The topological polar surface area (TPSA) is 66.4 Å². The average Bonchev–Trinajstić information content (AvgIpc) is 2.39. The van der Waals surface area contributed by atoms with Crippen molar-refractivity contribution < 1.29 is 23.5 Å². The quantitative estimate of drug-likeness (QED) is 0.760. The van der Waals surface area contributed by atoms with Gasteiger partial charge in [-0.3, -0.25) is 9.59 Å². The van der Waals surface area contributed by atoms with Crippen molar-refractivity contribution >= 4 is 11.9 Å². The second-order valence-corrected chi connectivity index (χ2v) is 5.71. The van der Waals surface area contributed by atoms with Crippen molar-refractivity contribution in [3.63, 3.8) is 0 Å². The molecule has 1 aliphatic rings. The molecule has 0 aliphatic heterocycles. The van der Waals surface area contributed by atoms with E-state index in [1.165, 1.54) is 12.1 Å². The van der Waals surface area contributed by atoms with Crippen LogP contribution in [-0.4, -0.2) is 17.0 Å². The van der Waals surface area contributed by atoms with Crippen LogP contribution in [0.25, 0.3) is 0 Å². The summed E-state index contributed by atoms with van der Waals surface area (Å²) in [5, 5.41) is 11.4. The standard InChI is InChI=1S/C16H19F2NO3/c17-11-6-7-12(13(18)10-11)16(8-3-9-16)19-14(20)4-1-2-5-15(21)22/h6-7,10H,1-5,8-9H2,(H,19,20)(H,21,22). The van der Waals surface area contributed by atoms with Crippen molar-refractivity contribution in [3.05, 3.63) is 35.4 Å². The molecule has 0 unspecified atom stereocenters. The maximum Gasteiger partial charge on any atom is 0.303 e. The van der Waals surface area contributed by atoms with Crippen LogP contribution in [-0.2, 0) is 15.1 Å². The predicted molar refractivity (Wildman–Crippen MR) is 76.1 cm³/mol. The number of nitrogens with one attached hydrogen (secondary N) is 1. The van der Waals surface area contributed by atoms with Gasteiger partial charge in [0.15, 0.2) is 0 Å². The summed E-state index contributed by atoms with van der Waals surface area (Å²) in [4.78, 5) is 22.4. The van der Waals surface area contributed by atoms with Gasteiger partial charge in [0.05, 0.1) is 5.54 Å². The molecule has 120 valence electrons. The minimum absolute atomic E-state index is 0.0328. The zero-order valence-corrected chi connectivity index (χ0v) is 12.2. The first-order valence-electron chi connectivity index (χ1n) is 7.41. The molecule has 0 radical (unpaired) electrons. The number of hydrogen-bond acceptors (Lipinski definition) is 2. The number of aliphatic carboxylic acids is 1. The number of amides is 1. The zero-order valence-electron chi connectivity index (χ0n) is 12.2. The average molecular weight is 311 g/mol. The molecule has 1 amide bonds. The normalized spacial score (nSPS) is 15.9. The Morgan fingerprint density at radius 2 is 1.86 bits per heavy atom. The van der Waals surface area contributed by atoms with Crippen LogP contribution < -0.4 is 5.32 Å². The van der Waals surface area contributed by atoms with E-state index in [2.05, 4.69) is 5.32 Å². The van der Waals surface area contributed by atoms with Gasteiger partial charge in [0.1, 0.15) is 11.6 Å². The predicted octanol–water partition coefficient (Wildman–Crippen LogP) is 3.11. The van der Waals surface area contributed by atoms with Crippen LogP contribution in [0.15, 0.2) is 18.2 Å². The van der Waals surface area contributed by atoms with E-state index in [-0.39, 0.29) is 18.7 Å². The second-order valence-electron chi connectivity index (χ2n) is 5.71. The van der Waals surface area contributed by atoms with E-state index in [0.29, 0.717) is 31.2 Å². The van der Waals surface area contributed by atoms with Crippen molar-refractivity contribution in [1.29, 1.82) is 0 Å². The third-order valence-corrected chi connectivity index (χ3v) is 4.08. The highest BCUT2D eigenvalue weighted by molar-refractivity contribution is 5.77. The number of hydrogen-bond donors (Lipinski definition) is 2. The Balaban J connectivity index is 1.96. The molecule has 0 heterocycles. The lowest BCUT2D eigenvalue weighted by Gasteiger charge is -2.43. The lowest BCUT2D eigenvalue weighted by atomic mass is 9.71. The lowest BCUT2D eigenvalue weighted by molar-refractivity contribution is -0.137. The van der Waals surface area contributed by atoms with E-state index in [4.69, 9.17) is 5.11 Å². The highest BCUT2D eigenvalue weighted by atomic mass is 19.1. The molecule has 4 nitrogen and oxygen atoms in total. The number of halogens is 2. The van der Waals surface area contributed by atoms with Crippen LogP contribution in [0, 0.1) is 11.6 Å². The molecule has 1 aromatic rings. The van der Waals surface area contributed by atoms with Crippen LogP contribution in [0.5, 0.6) is 0 Å². The van der Waals surface area contributed by atoms with Gasteiger partial charge in [0.25, 0.3) is 0 Å². The molecule has 22 heavy (non-hydrogen) atoms. The highest BCUT2D eigenvalue weighted by Gasteiger charge is 2.41. The molecule has 0 bridgehead atoms. The summed E-state index contributed by atoms with van der Waals surface area (Å²) >= 11 is 0. The van der Waals surface area contributed by atoms with E-state index < -0.39 is 23.1 Å². The third kappa shape index (κ3) is 3.81. The number of unbranched alkanes of at least 4 members (excludes halogenated alkanes) is 1. The van der Waals surface area contributed by atoms with Gasteiger partial charge in [-0.1, -0.05) is 6.07 Å². The van der Waals surface area contributed by atoms with Gasteiger partial charge in [-0.15, -0.1) is 0 Å². The van der Waals surface area contributed by atoms with Gasteiger partial charge in [-0.2, -0.15) is 0 Å². The first kappa shape index (κ1) is 16.4. The molecule has 0 saturated heterocycles. The summed E-state index contributed by atoms with van der Waals surface area (Å²) < 4.78 is 27.0. The zero-order chi connectivity index (χ0) is 16.2. The van der Waals surface area contributed by atoms with Gasteiger partial charge in [-0.25, -0.2) is 8.78 Å². The smallest absolute Gasteiger partial charge is 0.303 e. The summed E-state index contributed by atoms with van der Waals surface area (Å²) in [6.45, 7) is 0. The Labute approximate surface area is 127 Å². The maximum absolute atomic E-state index is 14.0. The fourth-order valence-corrected chi connectivity index (χ4v) is 2.76. The molecule has 0 spiro atoms. The summed E-state index contributed by atoms with van der Waals surface area (Å²) in [5.41, 5.74) is -0.430. The molecule has 1 saturated carbocycles. The number of benzene rings is 1. The summed E-state index contributed by atoms with van der Waals surface area (Å²) in [7, 11) is 0. The molecule has 2 N–H and O–H groups in total. The number of carboxylic acids is 1. The van der Waals surface area contributed by atoms with Gasteiger partial charge in [0.2, 0.25) is 5.91 Å². The van der Waals surface area contributed by atoms with Crippen molar-refractivity contribution in [1.82, 2.24) is 5.32 Å². The number of carbonyl (C=O) groups excluding carboxylic acids is 1. The fourth-order valence-electron chi connectivity index (χ4n) is 2.76. The first-order chi connectivity index (χ1) is 10.4. The lowest BCUT2D eigenvalue weighted by Crippen LogP contribution is -2.51. The number of carboxylic acid groups (broad SMARTS) is 1. The van der Waals surface area contributed by atoms with Gasteiger partial charge < -0.3 is 10.4 Å². The summed E-state index contributed by atoms with van der Waals surface area (Å²) in [5.74, 6) is -2.40. The van der Waals surface area contributed by atoms with Crippen molar-refractivity contribution in [2.24, 2.45) is 0 Å². The first-order valence-corrected chi connectivity index (χ1v) is 7.41. The molecule has 2 rings (SSSR count). The van der Waals surface area contributed by atoms with Crippen LogP contribution in [0.1, 0.15) is 50.5 Å². The van der Waals surface area contributed by atoms with Crippen LogP contribution in [0.2, 0.25) is 0 Å². The monoisotopic (exact) mass is 311 g/mol. The van der Waals surface area contributed by atoms with Crippen molar-refractivity contribution in [2.45, 2.75) is 50.5 Å². The third-order valence-electron chi connectivity index (χ3n) is 4.08. The molecule has 6 heteroatoms. The highest BCUT2D eigenvalue weighted by Crippen LogP contribution is 2.42. The van der Waals surface area contributed by atoms with E-state index in [9.17, 15) is 18.4 Å². The molecular formula is C16H19F2NO3. The Hall–Kier alpha value is -1.98. The number of rotatable bonds is 7. The van der Waals surface area contributed by atoms with E-state index >= 15 is 0 Å². The molecule has 1 aliphatic carbocycles. The fraction of sp³-hybridized carbons (Fsp3) is 0.500. The SMILES string of the molecule is O=C(O)CCCCC(=O)NC1(c2ccc(F)cc2F)CCC1. The van der Waals surface area contributed by atoms with E-state index in [1.54, 1.807) is 0 Å². The van der Waals surface area contributed by atoms with Crippen molar-refractivity contribution in [2.75, 3.05) is 0 Å². The Morgan fingerprint density at radius 1 is 1.18 bits per heavy atom. The maximum atomic E-state index is 14.0. The summed E-state index contributed by atoms with van der Waals surface area (Å²) in [6.07, 6.45) is 3.26. The molecule has 0 aromatic heterocycles. The minimum atomic E-state index is -0.885. The van der Waals surface area contributed by atoms with Crippen LogP contribution >= 0.6 is 0 Å². The second kappa shape index (κ2) is 6.85. The van der Waals surface area contributed by atoms with E-state index in [0.717, 1.165) is 12.5 Å². The van der Waals surface area contributed by atoms with Crippen molar-refractivity contribution in [3.8, 4) is 0 Å². The molecule has 0 atom stereocenters. The van der Waals surface area contributed by atoms with Crippen LogP contribution in [0.4, 0.5) is 8.78 Å². The summed E-state index contributed by atoms with van der Waals surface area (Å²) in [6, 6.07) is 3.40. The minimum Gasteiger partial charge on any atom is -0.481 e. The molecule has 1 aromatic carbocycles. The Kier molecular flexibility index (Phi) is 5.11. The van der Waals surface area contributed by atoms with E-state index in [1.807, 2.05) is 0 Å². The van der Waals surface area contributed by atoms with Gasteiger partial charge in [-0.05, 0) is 38.2 Å². The Morgan fingerprint density at radius 3 is 2.41 bits per heavy atom. The Bertz CT molecular complexity index is 571. The molecule has 1 fully saturated rings.